The van der Waals surface area contributed by atoms with Gasteiger partial charge >= 0.3 is 0 Å². The second kappa shape index (κ2) is 7.83. The molecule has 1 aromatic rings. The van der Waals surface area contributed by atoms with Crippen LogP contribution in [0.4, 0.5) is 0 Å². The van der Waals surface area contributed by atoms with E-state index >= 15 is 0 Å². The molecule has 21 heavy (non-hydrogen) atoms. The van der Waals surface area contributed by atoms with E-state index in [4.69, 9.17) is 4.74 Å². The number of ether oxygens (including phenoxy) is 1. The van der Waals surface area contributed by atoms with E-state index in [0.717, 1.165) is 54.9 Å². The summed E-state index contributed by atoms with van der Waals surface area (Å²) in [7, 11) is 0. The second-order valence-corrected chi connectivity index (χ2v) is 6.72. The van der Waals surface area contributed by atoms with E-state index in [1.807, 2.05) is 11.0 Å². The second-order valence-electron chi connectivity index (χ2n) is 5.87. The first-order valence-electron chi connectivity index (χ1n) is 7.79. The van der Waals surface area contributed by atoms with Crippen LogP contribution in [0.2, 0.25) is 0 Å². The van der Waals surface area contributed by atoms with E-state index in [0.29, 0.717) is 0 Å². The van der Waals surface area contributed by atoms with Crippen molar-refractivity contribution < 1.29 is 9.53 Å². The molecule has 0 atom stereocenters. The summed E-state index contributed by atoms with van der Waals surface area (Å²) in [6.45, 7) is 6.25. The van der Waals surface area contributed by atoms with E-state index in [-0.39, 0.29) is 12.5 Å². The summed E-state index contributed by atoms with van der Waals surface area (Å²) in [6.07, 6.45) is 4.38. The number of halogens is 1. The van der Waals surface area contributed by atoms with Crippen molar-refractivity contribution in [3.05, 3.63) is 28.2 Å². The highest BCUT2D eigenvalue weighted by Crippen LogP contribution is 2.26. The van der Waals surface area contributed by atoms with E-state index < -0.39 is 0 Å². The highest BCUT2D eigenvalue weighted by Gasteiger charge is 2.20. The fourth-order valence-corrected chi connectivity index (χ4v) is 3.14. The molecule has 4 heteroatoms. The van der Waals surface area contributed by atoms with Crippen LogP contribution in [-0.4, -0.2) is 30.5 Å². The van der Waals surface area contributed by atoms with Crippen LogP contribution in [-0.2, 0) is 11.2 Å². The molecule has 1 aliphatic heterocycles. The largest absolute Gasteiger partial charge is 0.483 e. The number of aryl methyl sites for hydroxylation is 1. The summed E-state index contributed by atoms with van der Waals surface area (Å²) in [5.41, 5.74) is 1.29. The van der Waals surface area contributed by atoms with Gasteiger partial charge in [0.1, 0.15) is 5.75 Å². The first kappa shape index (κ1) is 16.3. The molecule has 3 nitrogen and oxygen atoms in total. The number of likely N-dealkylation sites (tertiary alicyclic amines) is 1. The van der Waals surface area contributed by atoms with Crippen molar-refractivity contribution in [1.29, 1.82) is 0 Å². The van der Waals surface area contributed by atoms with Gasteiger partial charge in [-0.3, -0.25) is 4.79 Å². The van der Waals surface area contributed by atoms with Crippen LogP contribution in [0, 0.1) is 5.92 Å². The Bertz CT molecular complexity index is 482. The molecule has 1 fully saturated rings. The van der Waals surface area contributed by atoms with Crippen molar-refractivity contribution in [2.24, 2.45) is 5.92 Å². The fraction of sp³-hybridized carbons (Fsp3) is 0.588. The summed E-state index contributed by atoms with van der Waals surface area (Å²) in [6, 6.07) is 6.09. The number of amides is 1. The topological polar surface area (TPSA) is 29.5 Å². The molecule has 1 aromatic carbocycles. The Morgan fingerprint density at radius 2 is 2.10 bits per heavy atom. The van der Waals surface area contributed by atoms with Crippen molar-refractivity contribution in [3.8, 4) is 5.75 Å². The molecular formula is C17H24BrNO2. The quantitative estimate of drug-likeness (QED) is 0.799. The van der Waals surface area contributed by atoms with Gasteiger partial charge in [-0.2, -0.15) is 0 Å². The molecule has 116 valence electrons. The molecule has 1 aliphatic rings. The molecule has 1 amide bonds. The Kier molecular flexibility index (Phi) is 6.09. The van der Waals surface area contributed by atoms with Gasteiger partial charge in [0.25, 0.3) is 5.91 Å². The first-order valence-corrected chi connectivity index (χ1v) is 8.58. The van der Waals surface area contributed by atoms with Crippen LogP contribution in [0.3, 0.4) is 0 Å². The van der Waals surface area contributed by atoms with Crippen LogP contribution < -0.4 is 4.74 Å². The normalized spacial score (nSPS) is 16.0. The first-order chi connectivity index (χ1) is 10.1. The third-order valence-corrected chi connectivity index (χ3v) is 4.64. The molecule has 1 saturated heterocycles. The average molecular weight is 354 g/mol. The van der Waals surface area contributed by atoms with Gasteiger partial charge in [0.2, 0.25) is 0 Å². The van der Waals surface area contributed by atoms with Crippen molar-refractivity contribution in [1.82, 2.24) is 4.90 Å². The highest BCUT2D eigenvalue weighted by atomic mass is 79.9. The van der Waals surface area contributed by atoms with Crippen molar-refractivity contribution in [2.75, 3.05) is 19.7 Å². The molecule has 0 bridgehead atoms. The molecule has 0 radical (unpaired) electrons. The molecular weight excluding hydrogens is 330 g/mol. The van der Waals surface area contributed by atoms with Crippen LogP contribution in [0.25, 0.3) is 0 Å². The monoisotopic (exact) mass is 353 g/mol. The fourth-order valence-electron chi connectivity index (χ4n) is 2.59. The van der Waals surface area contributed by atoms with Crippen molar-refractivity contribution in [3.63, 3.8) is 0 Å². The number of carbonyl (C=O) groups is 1. The Balaban J connectivity index is 1.86. The minimum atomic E-state index is 0.0893. The average Bonchev–Trinajstić information content (AvgIpc) is 2.47. The van der Waals surface area contributed by atoms with Gasteiger partial charge in [-0.15, -0.1) is 0 Å². The lowest BCUT2D eigenvalue weighted by atomic mass is 9.99. The summed E-state index contributed by atoms with van der Waals surface area (Å²) < 4.78 is 6.60. The Morgan fingerprint density at radius 1 is 1.38 bits per heavy atom. The van der Waals surface area contributed by atoms with E-state index in [1.165, 1.54) is 5.56 Å². The van der Waals surface area contributed by atoms with Gasteiger partial charge in [-0.25, -0.2) is 0 Å². The summed E-state index contributed by atoms with van der Waals surface area (Å²) in [5.74, 6) is 1.57. The standard InChI is InChI=1S/C17H24BrNO2/c1-3-4-14-5-6-16(15(18)11-14)21-12-17(20)19-9-7-13(2)8-10-19/h5-6,11,13H,3-4,7-10,12H2,1-2H3. The van der Waals surface area contributed by atoms with Gasteiger partial charge in [0.05, 0.1) is 4.47 Å². The predicted molar refractivity (Wildman–Crippen MR) is 88.6 cm³/mol. The lowest BCUT2D eigenvalue weighted by Crippen LogP contribution is -2.40. The zero-order valence-electron chi connectivity index (χ0n) is 12.9. The molecule has 1 heterocycles. The lowest BCUT2D eigenvalue weighted by molar-refractivity contribution is -0.134. The maximum atomic E-state index is 12.1. The Labute approximate surface area is 135 Å². The molecule has 0 aliphatic carbocycles. The van der Waals surface area contributed by atoms with Crippen molar-refractivity contribution >= 4 is 21.8 Å². The Morgan fingerprint density at radius 3 is 2.71 bits per heavy atom. The highest BCUT2D eigenvalue weighted by molar-refractivity contribution is 9.10. The maximum Gasteiger partial charge on any atom is 0.260 e. The third-order valence-electron chi connectivity index (χ3n) is 4.02. The van der Waals surface area contributed by atoms with E-state index in [9.17, 15) is 4.79 Å². The minimum absolute atomic E-state index is 0.0893. The van der Waals surface area contributed by atoms with Gasteiger partial charge in [-0.05, 0) is 58.8 Å². The number of piperidine rings is 1. The van der Waals surface area contributed by atoms with Gasteiger partial charge in [0, 0.05) is 13.1 Å². The molecule has 0 saturated carbocycles. The van der Waals surface area contributed by atoms with Crippen molar-refractivity contribution in [2.45, 2.75) is 39.5 Å². The smallest absolute Gasteiger partial charge is 0.260 e. The van der Waals surface area contributed by atoms with Gasteiger partial charge in [0.15, 0.2) is 6.61 Å². The zero-order valence-corrected chi connectivity index (χ0v) is 14.5. The van der Waals surface area contributed by atoms with E-state index in [2.05, 4.69) is 41.9 Å². The maximum absolute atomic E-state index is 12.1. The molecule has 0 spiro atoms. The summed E-state index contributed by atoms with van der Waals surface area (Å²) in [5, 5.41) is 0. The SMILES string of the molecule is CCCc1ccc(OCC(=O)N2CCC(C)CC2)c(Br)c1. The number of hydrogen-bond acceptors (Lipinski definition) is 2. The third kappa shape index (κ3) is 4.73. The molecule has 0 N–H and O–H groups in total. The molecule has 0 unspecified atom stereocenters. The number of carbonyl (C=O) groups excluding carboxylic acids is 1. The molecule has 2 rings (SSSR count). The lowest BCUT2D eigenvalue weighted by Gasteiger charge is -2.30. The van der Waals surface area contributed by atoms with Crippen LogP contribution in [0.1, 0.15) is 38.7 Å². The summed E-state index contributed by atoms with van der Waals surface area (Å²) in [4.78, 5) is 14.1. The molecule has 0 aromatic heterocycles. The Hall–Kier alpha value is -1.03. The van der Waals surface area contributed by atoms with Crippen LogP contribution >= 0.6 is 15.9 Å². The summed E-state index contributed by atoms with van der Waals surface area (Å²) >= 11 is 3.52. The van der Waals surface area contributed by atoms with E-state index in [1.54, 1.807) is 0 Å². The minimum Gasteiger partial charge on any atom is -0.483 e. The van der Waals surface area contributed by atoms with Crippen LogP contribution in [0.15, 0.2) is 22.7 Å². The van der Waals surface area contributed by atoms with Gasteiger partial charge in [-0.1, -0.05) is 26.3 Å². The number of nitrogens with zero attached hydrogens (tertiary/aromatic N) is 1. The zero-order chi connectivity index (χ0) is 15.2. The number of benzene rings is 1. The van der Waals surface area contributed by atoms with Gasteiger partial charge < -0.3 is 9.64 Å². The number of hydrogen-bond donors (Lipinski definition) is 0. The van der Waals surface area contributed by atoms with Crippen LogP contribution in [0.5, 0.6) is 5.75 Å². The predicted octanol–water partition coefficient (Wildman–Crippen LogP) is 4.04. The number of rotatable bonds is 5.